The van der Waals surface area contributed by atoms with Gasteiger partial charge in [-0.15, -0.1) is 27.8 Å². The van der Waals surface area contributed by atoms with Crippen molar-refractivity contribution in [2.24, 2.45) is 33.0 Å². The fourth-order valence-electron chi connectivity index (χ4n) is 3.77. The molecule has 14 heteroatoms. The number of carbonyl (C=O) groups is 3. The molecule has 0 spiro atoms. The molecule has 0 aliphatic carbocycles. The first kappa shape index (κ1) is 27.3. The highest BCUT2D eigenvalue weighted by molar-refractivity contribution is 7.21. The quantitative estimate of drug-likeness (QED) is 0.107. The lowest BCUT2D eigenvalue weighted by molar-refractivity contribution is 0.0773. The van der Waals surface area contributed by atoms with Crippen LogP contribution in [0.25, 0.3) is 20.2 Å². The van der Waals surface area contributed by atoms with Crippen LogP contribution in [0.2, 0.25) is 0 Å². The number of hydrazone groups is 1. The number of aliphatic imine (C=N–C) groups is 1. The van der Waals surface area contributed by atoms with E-state index < -0.39 is 6.17 Å². The van der Waals surface area contributed by atoms with Crippen molar-refractivity contribution in [2.75, 3.05) is 11.9 Å². The Balaban J connectivity index is 1.50. The van der Waals surface area contributed by atoms with Gasteiger partial charge in [-0.05, 0) is 73.2 Å². The molecule has 4 aromatic rings. The second-order valence-electron chi connectivity index (χ2n) is 8.43. The standard InChI is InChI=1S/C25H27N9O3S2/c1-3-34(33-25(28)29)23(37)20-11-15-9-16(5-7-18(15)39-20)32-22(36)19-10-14-8-13(4-6-17(14)38-19)21(35)30-12(2)31-24(26)27/h4-12H,3H2,1-2H3,(H,30,35)(H,32,36)(H4,26,27,31)(H4,28,29,33). The first-order valence-corrected chi connectivity index (χ1v) is 13.4. The van der Waals surface area contributed by atoms with Gasteiger partial charge in [-0.1, -0.05) is 0 Å². The summed E-state index contributed by atoms with van der Waals surface area (Å²) in [5.74, 6) is -1.27. The summed E-state index contributed by atoms with van der Waals surface area (Å²) in [7, 11) is 0. The van der Waals surface area contributed by atoms with Gasteiger partial charge in [0.1, 0.15) is 6.17 Å². The fraction of sp³-hybridized carbons (Fsp3) is 0.160. The highest BCUT2D eigenvalue weighted by Gasteiger charge is 2.18. The lowest BCUT2D eigenvalue weighted by Crippen LogP contribution is -2.35. The molecule has 1 atom stereocenters. The Kier molecular flexibility index (Phi) is 7.97. The van der Waals surface area contributed by atoms with Crippen molar-refractivity contribution in [1.82, 2.24) is 10.3 Å². The Labute approximate surface area is 231 Å². The van der Waals surface area contributed by atoms with Crippen molar-refractivity contribution in [2.45, 2.75) is 20.0 Å². The molecule has 0 radical (unpaired) electrons. The Bertz CT molecular complexity index is 1630. The second-order valence-corrected chi connectivity index (χ2v) is 10.6. The average molecular weight is 566 g/mol. The van der Waals surface area contributed by atoms with Crippen molar-refractivity contribution in [1.29, 1.82) is 0 Å². The van der Waals surface area contributed by atoms with Gasteiger partial charge in [-0.2, -0.15) is 0 Å². The molecular weight excluding hydrogens is 538 g/mol. The number of nitrogens with one attached hydrogen (secondary N) is 2. The zero-order valence-corrected chi connectivity index (χ0v) is 22.7. The molecule has 2 aromatic carbocycles. The predicted octanol–water partition coefficient (Wildman–Crippen LogP) is 2.37. The Morgan fingerprint density at radius 3 is 2.18 bits per heavy atom. The van der Waals surface area contributed by atoms with E-state index in [4.69, 9.17) is 22.9 Å². The number of amides is 3. The third kappa shape index (κ3) is 6.42. The molecular formula is C25H27N9O3S2. The molecule has 1 unspecified atom stereocenters. The van der Waals surface area contributed by atoms with Gasteiger partial charge in [0.05, 0.1) is 9.75 Å². The summed E-state index contributed by atoms with van der Waals surface area (Å²) in [6.45, 7) is 3.73. The van der Waals surface area contributed by atoms with Crippen LogP contribution in [0.3, 0.4) is 0 Å². The number of guanidine groups is 2. The van der Waals surface area contributed by atoms with E-state index in [9.17, 15) is 14.4 Å². The number of thiophene rings is 2. The highest BCUT2D eigenvalue weighted by Crippen LogP contribution is 2.31. The largest absolute Gasteiger partial charge is 0.370 e. The Morgan fingerprint density at radius 2 is 1.51 bits per heavy atom. The smallest absolute Gasteiger partial charge is 0.284 e. The summed E-state index contributed by atoms with van der Waals surface area (Å²) >= 11 is 2.62. The second kappa shape index (κ2) is 11.4. The third-order valence-corrected chi connectivity index (χ3v) is 7.66. The van der Waals surface area contributed by atoms with E-state index in [1.54, 1.807) is 56.3 Å². The van der Waals surface area contributed by atoms with E-state index in [-0.39, 0.29) is 29.6 Å². The molecule has 12 nitrogen and oxygen atoms in total. The number of hydrogen-bond donors (Lipinski definition) is 6. The molecule has 0 saturated heterocycles. The number of nitrogens with two attached hydrogens (primary N) is 4. The summed E-state index contributed by atoms with van der Waals surface area (Å²) in [6.07, 6.45) is -0.583. The molecule has 0 aliphatic rings. The van der Waals surface area contributed by atoms with E-state index in [1.807, 2.05) is 6.07 Å². The SMILES string of the molecule is CCN(N=C(N)N)C(=O)c1cc2cc(NC(=O)c3cc4cc(C(=O)NC(C)N=C(N)N)ccc4s3)ccc2s1. The third-order valence-electron chi connectivity index (χ3n) is 5.44. The van der Waals surface area contributed by atoms with Crippen LogP contribution in [0.5, 0.6) is 0 Å². The maximum Gasteiger partial charge on any atom is 0.284 e. The first-order chi connectivity index (χ1) is 18.5. The number of anilines is 1. The lowest BCUT2D eigenvalue weighted by atomic mass is 10.1. The molecule has 0 aliphatic heterocycles. The van der Waals surface area contributed by atoms with Crippen LogP contribution in [0.1, 0.15) is 43.5 Å². The molecule has 39 heavy (non-hydrogen) atoms. The molecule has 10 N–H and O–H groups in total. The van der Waals surface area contributed by atoms with Gasteiger partial charge in [-0.25, -0.2) is 10.0 Å². The first-order valence-electron chi connectivity index (χ1n) is 11.7. The van der Waals surface area contributed by atoms with E-state index in [1.165, 1.54) is 27.7 Å². The van der Waals surface area contributed by atoms with Gasteiger partial charge in [0, 0.05) is 27.2 Å². The number of carbonyl (C=O) groups excluding carboxylic acids is 3. The summed E-state index contributed by atoms with van der Waals surface area (Å²) in [4.78, 5) is 43.2. The van der Waals surface area contributed by atoms with Gasteiger partial charge in [0.25, 0.3) is 17.7 Å². The van der Waals surface area contributed by atoms with Crippen LogP contribution in [0, 0.1) is 0 Å². The van der Waals surface area contributed by atoms with Gasteiger partial charge in [0.2, 0.25) is 5.96 Å². The monoisotopic (exact) mass is 565 g/mol. The van der Waals surface area contributed by atoms with Crippen molar-refractivity contribution >= 4 is 78.2 Å². The van der Waals surface area contributed by atoms with E-state index >= 15 is 0 Å². The zero-order chi connectivity index (χ0) is 28.3. The fourth-order valence-corrected chi connectivity index (χ4v) is 5.70. The van der Waals surface area contributed by atoms with Crippen molar-refractivity contribution in [3.8, 4) is 0 Å². The van der Waals surface area contributed by atoms with Crippen LogP contribution in [0.15, 0.2) is 58.6 Å². The molecule has 0 bridgehead atoms. The topological polar surface area (TPSA) is 207 Å². The summed E-state index contributed by atoms with van der Waals surface area (Å²) < 4.78 is 1.73. The normalized spacial score (nSPS) is 11.5. The molecule has 2 heterocycles. The summed E-state index contributed by atoms with van der Waals surface area (Å²) in [5.41, 5.74) is 22.5. The van der Waals surface area contributed by atoms with Gasteiger partial charge >= 0.3 is 0 Å². The lowest BCUT2D eigenvalue weighted by Gasteiger charge is -2.13. The van der Waals surface area contributed by atoms with Crippen LogP contribution >= 0.6 is 22.7 Å². The van der Waals surface area contributed by atoms with Crippen molar-refractivity contribution in [3.05, 3.63) is 63.8 Å². The maximum atomic E-state index is 13.0. The number of rotatable bonds is 8. The Morgan fingerprint density at radius 1 is 0.872 bits per heavy atom. The van der Waals surface area contributed by atoms with Crippen LogP contribution in [-0.2, 0) is 0 Å². The highest BCUT2D eigenvalue weighted by atomic mass is 32.1. The van der Waals surface area contributed by atoms with Crippen molar-refractivity contribution in [3.63, 3.8) is 0 Å². The molecule has 0 saturated carbocycles. The minimum Gasteiger partial charge on any atom is -0.370 e. The number of hydrogen-bond acceptors (Lipinski definition) is 7. The van der Waals surface area contributed by atoms with E-state index in [0.29, 0.717) is 27.5 Å². The number of nitrogens with zero attached hydrogens (tertiary/aromatic N) is 3. The van der Waals surface area contributed by atoms with Crippen LogP contribution in [0.4, 0.5) is 5.69 Å². The minimum absolute atomic E-state index is 0.121. The zero-order valence-electron chi connectivity index (χ0n) is 21.1. The molecule has 3 amide bonds. The predicted molar refractivity (Wildman–Crippen MR) is 157 cm³/mol. The molecule has 0 fully saturated rings. The molecule has 4 rings (SSSR count). The summed E-state index contributed by atoms with van der Waals surface area (Å²) in [5, 5.41) is 12.2. The van der Waals surface area contributed by atoms with Crippen LogP contribution in [-0.4, -0.2) is 47.4 Å². The summed E-state index contributed by atoms with van der Waals surface area (Å²) in [6, 6.07) is 14.0. The van der Waals surface area contributed by atoms with Gasteiger partial charge < -0.3 is 33.6 Å². The average Bonchev–Trinajstić information content (AvgIpc) is 3.49. The van der Waals surface area contributed by atoms with E-state index in [2.05, 4.69) is 20.7 Å². The van der Waals surface area contributed by atoms with E-state index in [0.717, 1.165) is 20.2 Å². The van der Waals surface area contributed by atoms with Crippen LogP contribution < -0.4 is 33.6 Å². The number of benzene rings is 2. The number of fused-ring (bicyclic) bond motifs is 2. The van der Waals surface area contributed by atoms with Crippen molar-refractivity contribution < 1.29 is 14.4 Å². The Hall–Kier alpha value is -4.69. The minimum atomic E-state index is -0.583. The maximum absolute atomic E-state index is 13.0. The molecule has 202 valence electrons. The van der Waals surface area contributed by atoms with Gasteiger partial charge in [-0.3, -0.25) is 14.4 Å². The van der Waals surface area contributed by atoms with Gasteiger partial charge in [0.15, 0.2) is 5.96 Å². The molecule has 2 aromatic heterocycles.